The number of benzene rings is 1. The molecule has 0 radical (unpaired) electrons. The van der Waals surface area contributed by atoms with Gasteiger partial charge in [-0.2, -0.15) is 0 Å². The van der Waals surface area contributed by atoms with E-state index >= 15 is 0 Å². The van der Waals surface area contributed by atoms with Crippen LogP contribution in [0.25, 0.3) is 11.1 Å². The highest BCUT2D eigenvalue weighted by molar-refractivity contribution is 6.03. The number of anilines is 1. The summed E-state index contributed by atoms with van der Waals surface area (Å²) >= 11 is 0. The minimum Gasteiger partial charge on any atom is -0.441 e. The number of amides is 1. The molecule has 0 bridgehead atoms. The van der Waals surface area contributed by atoms with Crippen LogP contribution in [0.1, 0.15) is 22.2 Å². The van der Waals surface area contributed by atoms with Gasteiger partial charge in [0.15, 0.2) is 11.5 Å². The summed E-state index contributed by atoms with van der Waals surface area (Å²) in [7, 11) is 0. The number of carbonyl (C=O) groups is 1. The molecule has 0 saturated carbocycles. The van der Waals surface area contributed by atoms with Crippen LogP contribution < -0.4 is 5.32 Å². The highest BCUT2D eigenvalue weighted by atomic mass is 16.3. The van der Waals surface area contributed by atoms with Gasteiger partial charge in [-0.05, 0) is 31.2 Å². The Bertz CT molecular complexity index is 795. The number of oxazole rings is 1. The fourth-order valence-corrected chi connectivity index (χ4v) is 1.90. The van der Waals surface area contributed by atoms with Crippen LogP contribution in [0.15, 0.2) is 34.9 Å². The van der Waals surface area contributed by atoms with Gasteiger partial charge in [0.2, 0.25) is 0 Å². The molecule has 2 aromatic heterocycles. The molecule has 0 fully saturated rings. The predicted octanol–water partition coefficient (Wildman–Crippen LogP) is 2.49. The Kier molecular flexibility index (Phi) is 2.90. The summed E-state index contributed by atoms with van der Waals surface area (Å²) in [5, 5.41) is 2.78. The molecule has 0 aliphatic carbocycles. The molecular formula is C14H12N4O2. The maximum Gasteiger partial charge on any atom is 0.274 e. The highest BCUT2D eigenvalue weighted by Crippen LogP contribution is 2.20. The van der Waals surface area contributed by atoms with E-state index in [4.69, 9.17) is 4.42 Å². The molecule has 0 spiro atoms. The van der Waals surface area contributed by atoms with E-state index in [2.05, 4.69) is 20.3 Å². The third-order valence-corrected chi connectivity index (χ3v) is 2.76. The van der Waals surface area contributed by atoms with Gasteiger partial charge in [-0.25, -0.2) is 15.0 Å². The molecule has 6 nitrogen and oxygen atoms in total. The molecule has 0 saturated heterocycles. The van der Waals surface area contributed by atoms with Gasteiger partial charge in [0.1, 0.15) is 17.0 Å². The number of aromatic nitrogens is 3. The topological polar surface area (TPSA) is 80.9 Å². The molecule has 1 aromatic carbocycles. The standard InChI is InChI=1S/C14H12N4O2/c1-8-15-6-5-11(16-8)14(19)18-10-3-4-13-12(7-10)17-9(2)20-13/h3-7H,1-2H3,(H,18,19). The molecule has 6 heteroatoms. The van der Waals surface area contributed by atoms with Crippen LogP contribution >= 0.6 is 0 Å². The molecule has 0 atom stereocenters. The minimum atomic E-state index is -0.282. The number of fused-ring (bicyclic) bond motifs is 1. The largest absolute Gasteiger partial charge is 0.441 e. The Hall–Kier alpha value is -2.76. The third-order valence-electron chi connectivity index (χ3n) is 2.76. The smallest absolute Gasteiger partial charge is 0.274 e. The lowest BCUT2D eigenvalue weighted by atomic mass is 10.2. The van der Waals surface area contributed by atoms with Crippen LogP contribution in [0.5, 0.6) is 0 Å². The van der Waals surface area contributed by atoms with Crippen molar-refractivity contribution in [3.63, 3.8) is 0 Å². The number of hydrogen-bond acceptors (Lipinski definition) is 5. The summed E-state index contributed by atoms with van der Waals surface area (Å²) in [4.78, 5) is 24.3. The monoisotopic (exact) mass is 268 g/mol. The van der Waals surface area contributed by atoms with Gasteiger partial charge in [-0.1, -0.05) is 0 Å². The summed E-state index contributed by atoms with van der Waals surface area (Å²) in [5.41, 5.74) is 2.37. The average Bonchev–Trinajstić information content (AvgIpc) is 2.78. The molecule has 2 heterocycles. The first kappa shape index (κ1) is 12.3. The third kappa shape index (κ3) is 2.35. The molecular weight excluding hydrogens is 256 g/mol. The van der Waals surface area contributed by atoms with Crippen molar-refractivity contribution in [2.75, 3.05) is 5.32 Å². The molecule has 1 N–H and O–H groups in total. The molecule has 100 valence electrons. The summed E-state index contributed by atoms with van der Waals surface area (Å²) in [6.07, 6.45) is 1.56. The second-order valence-electron chi connectivity index (χ2n) is 4.36. The predicted molar refractivity (Wildman–Crippen MR) is 73.5 cm³/mol. The quantitative estimate of drug-likeness (QED) is 0.772. The molecule has 3 aromatic rings. The van der Waals surface area contributed by atoms with Crippen molar-refractivity contribution < 1.29 is 9.21 Å². The van der Waals surface area contributed by atoms with Crippen LogP contribution in [0.4, 0.5) is 5.69 Å². The highest BCUT2D eigenvalue weighted by Gasteiger charge is 2.09. The summed E-state index contributed by atoms with van der Waals surface area (Å²) < 4.78 is 5.38. The lowest BCUT2D eigenvalue weighted by Gasteiger charge is -2.04. The first-order chi connectivity index (χ1) is 9.61. The normalized spacial score (nSPS) is 10.7. The van der Waals surface area contributed by atoms with Gasteiger partial charge >= 0.3 is 0 Å². The number of nitrogens with zero attached hydrogens (tertiary/aromatic N) is 3. The van der Waals surface area contributed by atoms with Crippen LogP contribution in [-0.4, -0.2) is 20.9 Å². The number of carbonyl (C=O) groups excluding carboxylic acids is 1. The van der Waals surface area contributed by atoms with Crippen molar-refractivity contribution in [3.8, 4) is 0 Å². The van der Waals surface area contributed by atoms with Crippen LogP contribution in [-0.2, 0) is 0 Å². The fraction of sp³-hybridized carbons (Fsp3) is 0.143. The van der Waals surface area contributed by atoms with Crippen LogP contribution in [0.3, 0.4) is 0 Å². The van der Waals surface area contributed by atoms with Crippen molar-refractivity contribution in [1.29, 1.82) is 0 Å². The molecule has 3 rings (SSSR count). The summed E-state index contributed by atoms with van der Waals surface area (Å²) in [6, 6.07) is 6.87. The summed E-state index contributed by atoms with van der Waals surface area (Å²) in [6.45, 7) is 3.52. The van der Waals surface area contributed by atoms with Crippen LogP contribution in [0.2, 0.25) is 0 Å². The zero-order valence-electron chi connectivity index (χ0n) is 11.0. The van der Waals surface area contributed by atoms with Gasteiger partial charge in [-0.3, -0.25) is 4.79 Å². The van der Waals surface area contributed by atoms with Crippen molar-refractivity contribution in [2.24, 2.45) is 0 Å². The zero-order valence-corrected chi connectivity index (χ0v) is 11.0. The Morgan fingerprint density at radius 3 is 2.85 bits per heavy atom. The van der Waals surface area contributed by atoms with E-state index in [1.807, 2.05) is 0 Å². The lowest BCUT2D eigenvalue weighted by Crippen LogP contribution is -2.14. The Morgan fingerprint density at radius 1 is 1.20 bits per heavy atom. The Balaban J connectivity index is 1.87. The molecule has 0 aliphatic heterocycles. The number of aryl methyl sites for hydroxylation is 2. The maximum atomic E-state index is 12.1. The van der Waals surface area contributed by atoms with E-state index < -0.39 is 0 Å². The number of rotatable bonds is 2. The van der Waals surface area contributed by atoms with E-state index in [1.54, 1.807) is 44.3 Å². The Labute approximate surface area is 114 Å². The van der Waals surface area contributed by atoms with E-state index in [9.17, 15) is 4.79 Å². The van der Waals surface area contributed by atoms with Gasteiger partial charge < -0.3 is 9.73 Å². The Morgan fingerprint density at radius 2 is 2.05 bits per heavy atom. The van der Waals surface area contributed by atoms with E-state index in [0.717, 1.165) is 0 Å². The van der Waals surface area contributed by atoms with Gasteiger partial charge in [0.05, 0.1) is 0 Å². The lowest BCUT2D eigenvalue weighted by molar-refractivity contribution is 0.102. The average molecular weight is 268 g/mol. The molecule has 20 heavy (non-hydrogen) atoms. The van der Waals surface area contributed by atoms with Crippen molar-refractivity contribution in [1.82, 2.24) is 15.0 Å². The minimum absolute atomic E-state index is 0.282. The second kappa shape index (κ2) is 4.73. The first-order valence-corrected chi connectivity index (χ1v) is 6.10. The second-order valence-corrected chi connectivity index (χ2v) is 4.36. The van der Waals surface area contributed by atoms with Gasteiger partial charge in [0.25, 0.3) is 5.91 Å². The summed E-state index contributed by atoms with van der Waals surface area (Å²) in [5.74, 6) is 0.866. The van der Waals surface area contributed by atoms with Gasteiger partial charge in [-0.15, -0.1) is 0 Å². The maximum absolute atomic E-state index is 12.1. The molecule has 0 aliphatic rings. The van der Waals surface area contributed by atoms with E-state index in [1.165, 1.54) is 0 Å². The fourth-order valence-electron chi connectivity index (χ4n) is 1.90. The number of hydrogen-bond donors (Lipinski definition) is 1. The molecule has 0 unspecified atom stereocenters. The van der Waals surface area contributed by atoms with Crippen molar-refractivity contribution >= 4 is 22.7 Å². The SMILES string of the molecule is Cc1nccc(C(=O)Nc2ccc3oc(C)nc3c2)n1. The van der Waals surface area contributed by atoms with Gasteiger partial charge in [0, 0.05) is 18.8 Å². The number of nitrogens with one attached hydrogen (secondary N) is 1. The van der Waals surface area contributed by atoms with Crippen LogP contribution in [0, 0.1) is 13.8 Å². The van der Waals surface area contributed by atoms with E-state index in [0.29, 0.717) is 34.2 Å². The van der Waals surface area contributed by atoms with Crippen molar-refractivity contribution in [2.45, 2.75) is 13.8 Å². The van der Waals surface area contributed by atoms with E-state index in [-0.39, 0.29) is 5.91 Å². The first-order valence-electron chi connectivity index (χ1n) is 6.10. The zero-order chi connectivity index (χ0) is 14.1. The van der Waals surface area contributed by atoms with Crippen molar-refractivity contribution in [3.05, 3.63) is 47.9 Å². The molecule has 1 amide bonds.